The molecule has 3 heteroatoms. The van der Waals surface area contributed by atoms with Crippen molar-refractivity contribution < 1.29 is 5.11 Å². The number of aromatic nitrogens is 1. The number of rotatable bonds is 1. The van der Waals surface area contributed by atoms with Crippen molar-refractivity contribution in [2.45, 2.75) is 26.9 Å². The fraction of sp³-hybridized carbons (Fsp3) is 0.444. The van der Waals surface area contributed by atoms with Gasteiger partial charge in [-0.25, -0.2) is 0 Å². The lowest BCUT2D eigenvalue weighted by atomic mass is 10.3. The summed E-state index contributed by atoms with van der Waals surface area (Å²) in [7, 11) is 0. The molecule has 0 aliphatic heterocycles. The Morgan fingerprint density at radius 2 is 2.00 bits per heavy atom. The van der Waals surface area contributed by atoms with Gasteiger partial charge in [-0.05, 0) is 11.6 Å². The molecule has 0 saturated carbocycles. The lowest BCUT2D eigenvalue weighted by molar-refractivity contribution is 0.281. The van der Waals surface area contributed by atoms with Gasteiger partial charge in [0.2, 0.25) is 5.56 Å². The molecule has 0 aromatic carbocycles. The molecule has 3 nitrogen and oxygen atoms in total. The quantitative estimate of drug-likeness (QED) is 0.665. The summed E-state index contributed by atoms with van der Waals surface area (Å²) in [5.41, 5.74) is 0.571. The zero-order valence-corrected chi connectivity index (χ0v) is 7.50. The standard InChI is InChI=1S/C6H7NO2.C3H8/c8-4-5-1-2-6(9)7-3-5;1-3-2/h1-3,8H,4H2,(H,7,9);3H2,1-2H3. The number of pyridine rings is 1. The summed E-state index contributed by atoms with van der Waals surface area (Å²) in [5, 5.41) is 8.51. The van der Waals surface area contributed by atoms with E-state index < -0.39 is 0 Å². The Hall–Kier alpha value is -1.09. The van der Waals surface area contributed by atoms with Gasteiger partial charge in [0, 0.05) is 12.3 Å². The van der Waals surface area contributed by atoms with E-state index >= 15 is 0 Å². The highest BCUT2D eigenvalue weighted by molar-refractivity contribution is 5.06. The summed E-state index contributed by atoms with van der Waals surface area (Å²) in [4.78, 5) is 12.8. The molecule has 0 atom stereocenters. The predicted octanol–water partition coefficient (Wildman–Crippen LogP) is 1.28. The molecule has 0 unspecified atom stereocenters. The first-order chi connectivity index (χ1) is 5.74. The molecule has 0 saturated heterocycles. The van der Waals surface area contributed by atoms with Gasteiger partial charge < -0.3 is 10.1 Å². The first-order valence-corrected chi connectivity index (χ1v) is 4.03. The molecule has 0 bridgehead atoms. The van der Waals surface area contributed by atoms with Crippen molar-refractivity contribution in [3.05, 3.63) is 34.2 Å². The van der Waals surface area contributed by atoms with E-state index in [1.807, 2.05) is 0 Å². The largest absolute Gasteiger partial charge is 0.392 e. The van der Waals surface area contributed by atoms with Crippen LogP contribution in [-0.2, 0) is 6.61 Å². The summed E-state index contributed by atoms with van der Waals surface area (Å²) in [6, 6.07) is 2.96. The van der Waals surface area contributed by atoms with Crippen molar-refractivity contribution >= 4 is 0 Å². The number of aliphatic hydroxyl groups is 1. The van der Waals surface area contributed by atoms with Gasteiger partial charge in [-0.15, -0.1) is 0 Å². The molecule has 1 heterocycles. The number of aromatic amines is 1. The molecule has 0 radical (unpaired) electrons. The van der Waals surface area contributed by atoms with Crippen LogP contribution in [0.2, 0.25) is 0 Å². The third kappa shape index (κ3) is 4.68. The number of hydrogen-bond donors (Lipinski definition) is 2. The Morgan fingerprint density at radius 3 is 2.33 bits per heavy atom. The first-order valence-electron chi connectivity index (χ1n) is 4.03. The summed E-state index contributed by atoms with van der Waals surface area (Å²) < 4.78 is 0. The van der Waals surface area contributed by atoms with E-state index in [1.54, 1.807) is 6.07 Å². The molecule has 0 amide bonds. The molecular formula is C9H15NO2. The summed E-state index contributed by atoms with van der Waals surface area (Å²) >= 11 is 0. The van der Waals surface area contributed by atoms with Crippen molar-refractivity contribution in [1.29, 1.82) is 0 Å². The van der Waals surface area contributed by atoms with Gasteiger partial charge >= 0.3 is 0 Å². The van der Waals surface area contributed by atoms with Crippen molar-refractivity contribution in [3.8, 4) is 0 Å². The van der Waals surface area contributed by atoms with Crippen LogP contribution in [0.5, 0.6) is 0 Å². The van der Waals surface area contributed by atoms with E-state index in [9.17, 15) is 4.79 Å². The van der Waals surface area contributed by atoms with E-state index in [0.29, 0.717) is 0 Å². The highest BCUT2D eigenvalue weighted by Crippen LogP contribution is 1.89. The Kier molecular flexibility index (Phi) is 6.01. The Bertz CT molecular complexity index is 234. The van der Waals surface area contributed by atoms with Crippen LogP contribution in [0.3, 0.4) is 0 Å². The van der Waals surface area contributed by atoms with Crippen molar-refractivity contribution in [1.82, 2.24) is 4.98 Å². The van der Waals surface area contributed by atoms with E-state index in [1.165, 1.54) is 18.7 Å². The van der Waals surface area contributed by atoms with Crippen LogP contribution in [-0.4, -0.2) is 10.1 Å². The molecule has 0 aliphatic rings. The molecule has 1 aromatic rings. The minimum absolute atomic E-state index is 0.0310. The monoisotopic (exact) mass is 169 g/mol. The van der Waals surface area contributed by atoms with Crippen LogP contribution in [0.15, 0.2) is 23.1 Å². The highest BCUT2D eigenvalue weighted by Gasteiger charge is 1.85. The van der Waals surface area contributed by atoms with Crippen LogP contribution in [0.4, 0.5) is 0 Å². The van der Waals surface area contributed by atoms with Gasteiger partial charge in [0.15, 0.2) is 0 Å². The average molecular weight is 169 g/mol. The van der Waals surface area contributed by atoms with Crippen molar-refractivity contribution in [3.63, 3.8) is 0 Å². The van der Waals surface area contributed by atoms with Gasteiger partial charge in [0.1, 0.15) is 0 Å². The third-order valence-electron chi connectivity index (χ3n) is 1.03. The second-order valence-electron chi connectivity index (χ2n) is 2.43. The van der Waals surface area contributed by atoms with E-state index in [-0.39, 0.29) is 12.2 Å². The molecule has 0 fully saturated rings. The first kappa shape index (κ1) is 10.9. The van der Waals surface area contributed by atoms with Gasteiger partial charge in [-0.3, -0.25) is 4.79 Å². The second kappa shape index (κ2) is 6.61. The molecular weight excluding hydrogens is 154 g/mol. The topological polar surface area (TPSA) is 53.1 Å². The maximum Gasteiger partial charge on any atom is 0.247 e. The zero-order valence-electron chi connectivity index (χ0n) is 7.50. The van der Waals surface area contributed by atoms with Crippen LogP contribution in [0, 0.1) is 0 Å². The summed E-state index contributed by atoms with van der Waals surface area (Å²) in [6.07, 6.45) is 2.74. The Balaban J connectivity index is 0.000000354. The SMILES string of the molecule is CCC.O=c1ccc(CO)c[nH]1. The molecule has 1 rings (SSSR count). The maximum atomic E-state index is 10.4. The number of aliphatic hydroxyl groups excluding tert-OH is 1. The molecule has 0 aliphatic carbocycles. The Morgan fingerprint density at radius 1 is 1.42 bits per heavy atom. The molecule has 1 aromatic heterocycles. The zero-order chi connectivity index (χ0) is 9.40. The summed E-state index contributed by atoms with van der Waals surface area (Å²) in [6.45, 7) is 4.22. The van der Waals surface area contributed by atoms with Gasteiger partial charge in [0.05, 0.1) is 6.61 Å². The number of nitrogens with one attached hydrogen (secondary N) is 1. The van der Waals surface area contributed by atoms with Crippen molar-refractivity contribution in [2.24, 2.45) is 0 Å². The molecule has 0 spiro atoms. The summed E-state index contributed by atoms with van der Waals surface area (Å²) in [5.74, 6) is 0. The predicted molar refractivity (Wildman–Crippen MR) is 49.0 cm³/mol. The van der Waals surface area contributed by atoms with Crippen LogP contribution >= 0.6 is 0 Å². The highest BCUT2D eigenvalue weighted by atomic mass is 16.3. The van der Waals surface area contributed by atoms with Gasteiger partial charge in [-0.2, -0.15) is 0 Å². The lowest BCUT2D eigenvalue weighted by Gasteiger charge is -1.89. The smallest absolute Gasteiger partial charge is 0.247 e. The van der Waals surface area contributed by atoms with Gasteiger partial charge in [-0.1, -0.05) is 20.3 Å². The fourth-order valence-corrected chi connectivity index (χ4v) is 0.541. The molecule has 12 heavy (non-hydrogen) atoms. The Labute approximate surface area is 72.1 Å². The second-order valence-corrected chi connectivity index (χ2v) is 2.43. The third-order valence-corrected chi connectivity index (χ3v) is 1.03. The van der Waals surface area contributed by atoms with Crippen LogP contribution < -0.4 is 5.56 Å². The van der Waals surface area contributed by atoms with E-state index in [2.05, 4.69) is 18.8 Å². The molecule has 68 valence electrons. The van der Waals surface area contributed by atoms with E-state index in [0.717, 1.165) is 5.56 Å². The number of H-pyrrole nitrogens is 1. The lowest BCUT2D eigenvalue weighted by Crippen LogP contribution is -2.02. The van der Waals surface area contributed by atoms with Crippen LogP contribution in [0.25, 0.3) is 0 Å². The van der Waals surface area contributed by atoms with E-state index in [4.69, 9.17) is 5.11 Å². The van der Waals surface area contributed by atoms with Crippen LogP contribution in [0.1, 0.15) is 25.8 Å². The minimum Gasteiger partial charge on any atom is -0.392 e. The van der Waals surface area contributed by atoms with Crippen molar-refractivity contribution in [2.75, 3.05) is 0 Å². The fourth-order valence-electron chi connectivity index (χ4n) is 0.541. The number of hydrogen-bond acceptors (Lipinski definition) is 2. The normalized spacial score (nSPS) is 8.58. The van der Waals surface area contributed by atoms with Gasteiger partial charge in [0.25, 0.3) is 0 Å². The average Bonchev–Trinajstić information content (AvgIpc) is 2.07. The minimum atomic E-state index is -0.146. The maximum absolute atomic E-state index is 10.4. The molecule has 2 N–H and O–H groups in total.